The third-order valence-corrected chi connectivity index (χ3v) is 3.89. The summed E-state index contributed by atoms with van der Waals surface area (Å²) < 4.78 is 0. The number of nitrogens with two attached hydrogens (primary N) is 1. The van der Waals surface area contributed by atoms with Crippen LogP contribution in [0.3, 0.4) is 0 Å². The molecule has 0 aliphatic heterocycles. The number of aromatic nitrogens is 1. The Kier molecular flexibility index (Phi) is 3.33. The van der Waals surface area contributed by atoms with Crippen molar-refractivity contribution in [3.8, 4) is 0 Å². The summed E-state index contributed by atoms with van der Waals surface area (Å²) in [4.78, 5) is 4.18. The van der Waals surface area contributed by atoms with Crippen molar-refractivity contribution in [2.24, 2.45) is 0 Å². The quantitative estimate of drug-likeness (QED) is 0.712. The van der Waals surface area contributed by atoms with E-state index >= 15 is 0 Å². The van der Waals surface area contributed by atoms with Gasteiger partial charge in [-0.15, -0.1) is 0 Å². The van der Waals surface area contributed by atoms with E-state index < -0.39 is 0 Å². The Balaban J connectivity index is 1.79. The second kappa shape index (κ2) is 5.28. The van der Waals surface area contributed by atoms with E-state index in [9.17, 15) is 0 Å². The first kappa shape index (κ1) is 12.0. The largest absolute Gasteiger partial charge is 0.398 e. The van der Waals surface area contributed by atoms with E-state index in [0.29, 0.717) is 0 Å². The fourth-order valence-electron chi connectivity index (χ4n) is 2.14. The molecular formula is C15H15N3S. The van der Waals surface area contributed by atoms with Gasteiger partial charge in [0.1, 0.15) is 0 Å². The topological polar surface area (TPSA) is 50.9 Å². The van der Waals surface area contributed by atoms with E-state index in [0.717, 1.165) is 35.1 Å². The normalized spacial score (nSPS) is 10.7. The van der Waals surface area contributed by atoms with Gasteiger partial charge in [0, 0.05) is 41.1 Å². The zero-order chi connectivity index (χ0) is 13.1. The highest BCUT2D eigenvalue weighted by Gasteiger charge is 2.03. The smallest absolute Gasteiger partial charge is 0.0437 e. The number of pyridine rings is 1. The maximum atomic E-state index is 5.98. The lowest BCUT2D eigenvalue weighted by Gasteiger charge is -2.10. The molecule has 96 valence electrons. The zero-order valence-electron chi connectivity index (χ0n) is 10.5. The van der Waals surface area contributed by atoms with Crippen LogP contribution < -0.4 is 11.1 Å². The molecule has 2 aromatic heterocycles. The average molecular weight is 269 g/mol. The molecule has 19 heavy (non-hydrogen) atoms. The minimum atomic E-state index is 0.792. The average Bonchev–Trinajstić information content (AvgIpc) is 2.95. The van der Waals surface area contributed by atoms with E-state index in [1.165, 1.54) is 5.56 Å². The predicted octanol–water partition coefficient (Wildman–Crippen LogP) is 3.53. The summed E-state index contributed by atoms with van der Waals surface area (Å²) in [5.41, 5.74) is 9.23. The number of fused-ring (bicyclic) bond motifs is 1. The van der Waals surface area contributed by atoms with E-state index in [1.54, 1.807) is 17.5 Å². The van der Waals surface area contributed by atoms with Crippen LogP contribution in [0.2, 0.25) is 0 Å². The first-order valence-electron chi connectivity index (χ1n) is 6.22. The van der Waals surface area contributed by atoms with Crippen LogP contribution >= 0.6 is 11.3 Å². The Bertz CT molecular complexity index is 677. The molecular weight excluding hydrogens is 254 g/mol. The van der Waals surface area contributed by atoms with Crippen molar-refractivity contribution in [3.63, 3.8) is 0 Å². The van der Waals surface area contributed by atoms with Gasteiger partial charge in [-0.1, -0.05) is 0 Å². The molecule has 1 aromatic carbocycles. The molecule has 0 spiro atoms. The van der Waals surface area contributed by atoms with Crippen LogP contribution in [0.4, 0.5) is 11.4 Å². The summed E-state index contributed by atoms with van der Waals surface area (Å²) in [6, 6.07) is 8.08. The van der Waals surface area contributed by atoms with Crippen molar-refractivity contribution in [3.05, 3.63) is 53.0 Å². The van der Waals surface area contributed by atoms with Crippen LogP contribution in [-0.4, -0.2) is 11.5 Å². The van der Waals surface area contributed by atoms with Crippen LogP contribution in [0.5, 0.6) is 0 Å². The first-order chi connectivity index (χ1) is 9.34. The summed E-state index contributed by atoms with van der Waals surface area (Å²) in [6.07, 6.45) is 4.65. The third-order valence-electron chi connectivity index (χ3n) is 3.16. The Morgan fingerprint density at radius 2 is 2.11 bits per heavy atom. The van der Waals surface area contributed by atoms with Crippen molar-refractivity contribution in [2.45, 2.75) is 6.42 Å². The van der Waals surface area contributed by atoms with Crippen molar-refractivity contribution < 1.29 is 0 Å². The molecule has 0 atom stereocenters. The molecule has 3 N–H and O–H groups in total. The van der Waals surface area contributed by atoms with Gasteiger partial charge in [-0.2, -0.15) is 11.3 Å². The molecule has 3 aromatic rings. The number of nitrogen functional groups attached to an aromatic ring is 1. The second-order valence-electron chi connectivity index (χ2n) is 4.43. The van der Waals surface area contributed by atoms with E-state index in [2.05, 4.69) is 27.1 Å². The molecule has 3 nitrogen and oxygen atoms in total. The molecule has 0 bridgehead atoms. The van der Waals surface area contributed by atoms with E-state index in [1.807, 2.05) is 24.4 Å². The van der Waals surface area contributed by atoms with E-state index in [4.69, 9.17) is 5.73 Å². The van der Waals surface area contributed by atoms with Crippen LogP contribution in [0.25, 0.3) is 10.8 Å². The van der Waals surface area contributed by atoms with Crippen LogP contribution in [0, 0.1) is 0 Å². The lowest BCUT2D eigenvalue weighted by Crippen LogP contribution is -2.05. The van der Waals surface area contributed by atoms with E-state index in [-0.39, 0.29) is 0 Å². The Morgan fingerprint density at radius 3 is 2.95 bits per heavy atom. The minimum absolute atomic E-state index is 0.792. The number of anilines is 2. The van der Waals surface area contributed by atoms with Crippen molar-refractivity contribution in [1.29, 1.82) is 0 Å². The number of thiophene rings is 1. The number of rotatable bonds is 4. The summed E-state index contributed by atoms with van der Waals surface area (Å²) >= 11 is 1.74. The molecule has 0 aliphatic carbocycles. The molecule has 2 heterocycles. The van der Waals surface area contributed by atoms with Gasteiger partial charge in [-0.05, 0) is 47.0 Å². The van der Waals surface area contributed by atoms with Crippen LogP contribution in [0.15, 0.2) is 47.4 Å². The van der Waals surface area contributed by atoms with Gasteiger partial charge < -0.3 is 11.1 Å². The number of benzene rings is 1. The van der Waals surface area contributed by atoms with Gasteiger partial charge in [-0.25, -0.2) is 0 Å². The van der Waals surface area contributed by atoms with Gasteiger partial charge in [0.15, 0.2) is 0 Å². The molecule has 0 radical (unpaired) electrons. The predicted molar refractivity (Wildman–Crippen MR) is 82.7 cm³/mol. The molecule has 3 rings (SSSR count). The fraction of sp³-hybridized carbons (Fsp3) is 0.133. The second-order valence-corrected chi connectivity index (χ2v) is 5.21. The first-order valence-corrected chi connectivity index (χ1v) is 7.16. The van der Waals surface area contributed by atoms with Gasteiger partial charge in [0.25, 0.3) is 0 Å². The molecule has 0 fully saturated rings. The maximum absolute atomic E-state index is 5.98. The standard InChI is InChI=1S/C15H15N3S/c16-14-1-2-15(13-9-17-6-4-12(13)14)18-7-3-11-5-8-19-10-11/h1-2,4-6,8-10,18H,3,7,16H2. The SMILES string of the molecule is Nc1ccc(NCCc2ccsc2)c2cnccc12. The van der Waals surface area contributed by atoms with Gasteiger partial charge in [-0.3, -0.25) is 4.98 Å². The van der Waals surface area contributed by atoms with Crippen molar-refractivity contribution in [1.82, 2.24) is 4.98 Å². The van der Waals surface area contributed by atoms with Crippen LogP contribution in [-0.2, 0) is 6.42 Å². The molecule has 0 unspecified atom stereocenters. The zero-order valence-corrected chi connectivity index (χ0v) is 11.3. The monoisotopic (exact) mass is 269 g/mol. The lowest BCUT2D eigenvalue weighted by molar-refractivity contribution is 1.03. The molecule has 4 heteroatoms. The summed E-state index contributed by atoms with van der Waals surface area (Å²) in [6.45, 7) is 0.907. The highest BCUT2D eigenvalue weighted by molar-refractivity contribution is 7.07. The summed E-state index contributed by atoms with van der Waals surface area (Å²) in [7, 11) is 0. The van der Waals surface area contributed by atoms with Gasteiger partial charge in [0.05, 0.1) is 0 Å². The highest BCUT2D eigenvalue weighted by atomic mass is 32.1. The summed E-state index contributed by atoms with van der Waals surface area (Å²) in [5.74, 6) is 0. The maximum Gasteiger partial charge on any atom is 0.0437 e. The molecule has 0 amide bonds. The Hall–Kier alpha value is -2.07. The van der Waals surface area contributed by atoms with Crippen molar-refractivity contribution in [2.75, 3.05) is 17.6 Å². The Labute approximate surface area is 116 Å². The highest BCUT2D eigenvalue weighted by Crippen LogP contribution is 2.27. The van der Waals surface area contributed by atoms with Gasteiger partial charge in [0.2, 0.25) is 0 Å². The fourth-order valence-corrected chi connectivity index (χ4v) is 2.85. The number of hydrogen-bond acceptors (Lipinski definition) is 4. The molecule has 0 saturated heterocycles. The molecule has 0 saturated carbocycles. The van der Waals surface area contributed by atoms with Crippen LogP contribution in [0.1, 0.15) is 5.56 Å². The number of nitrogens with one attached hydrogen (secondary N) is 1. The number of hydrogen-bond donors (Lipinski definition) is 2. The Morgan fingerprint density at radius 1 is 1.16 bits per heavy atom. The molecule has 0 aliphatic rings. The lowest BCUT2D eigenvalue weighted by atomic mass is 10.1. The third kappa shape index (κ3) is 2.53. The summed E-state index contributed by atoms with van der Waals surface area (Å²) in [5, 5.41) is 9.88. The minimum Gasteiger partial charge on any atom is -0.398 e. The van der Waals surface area contributed by atoms with Gasteiger partial charge >= 0.3 is 0 Å². The van der Waals surface area contributed by atoms with Crippen molar-refractivity contribution >= 4 is 33.5 Å². The number of nitrogens with zero attached hydrogens (tertiary/aromatic N) is 1.